The third-order valence-electron chi connectivity index (χ3n) is 2.11. The summed E-state index contributed by atoms with van der Waals surface area (Å²) in [6.07, 6.45) is 4.19. The smallest absolute Gasteiger partial charge is 0.305 e. The van der Waals surface area contributed by atoms with Gasteiger partial charge in [0.05, 0.1) is 19.8 Å². The largest absolute Gasteiger partial charge is 0.469 e. The number of aliphatic hydroxyl groups excluding tert-OH is 2. The fraction of sp³-hybridized carbons (Fsp3) is 0.900. The van der Waals surface area contributed by atoms with Gasteiger partial charge in [-0.2, -0.15) is 0 Å². The summed E-state index contributed by atoms with van der Waals surface area (Å²) in [5, 5.41) is 17.5. The minimum absolute atomic E-state index is 0.165. The Morgan fingerprint density at radius 1 is 1.29 bits per heavy atom. The van der Waals surface area contributed by atoms with Crippen LogP contribution in [-0.2, 0) is 9.53 Å². The number of hydrogen-bond donors (Lipinski definition) is 2. The van der Waals surface area contributed by atoms with Gasteiger partial charge in [0.1, 0.15) is 0 Å². The second kappa shape index (κ2) is 8.97. The van der Waals surface area contributed by atoms with E-state index in [1.54, 1.807) is 0 Å². The van der Waals surface area contributed by atoms with E-state index in [0.29, 0.717) is 12.8 Å². The van der Waals surface area contributed by atoms with E-state index in [1.807, 2.05) is 0 Å². The van der Waals surface area contributed by atoms with Crippen LogP contribution in [0.1, 0.15) is 38.5 Å². The summed E-state index contributed by atoms with van der Waals surface area (Å²) in [7, 11) is 1.39. The van der Waals surface area contributed by atoms with Gasteiger partial charge in [0.15, 0.2) is 0 Å². The SMILES string of the molecule is COC(=O)CCCCCC[C@H](O)CO. The molecule has 0 saturated carbocycles. The average Bonchev–Trinajstić information content (AvgIpc) is 2.22. The van der Waals surface area contributed by atoms with Crippen LogP contribution in [0.5, 0.6) is 0 Å². The molecule has 0 aliphatic heterocycles. The van der Waals surface area contributed by atoms with Crippen molar-refractivity contribution in [2.75, 3.05) is 13.7 Å². The molecule has 1 atom stereocenters. The lowest BCUT2D eigenvalue weighted by atomic mass is 10.1. The van der Waals surface area contributed by atoms with Crippen LogP contribution >= 0.6 is 0 Å². The normalized spacial score (nSPS) is 12.5. The number of methoxy groups -OCH3 is 1. The Hall–Kier alpha value is -0.610. The molecule has 0 heterocycles. The zero-order valence-corrected chi connectivity index (χ0v) is 8.74. The monoisotopic (exact) mass is 204 g/mol. The number of esters is 1. The first-order chi connectivity index (χ1) is 6.70. The maximum absolute atomic E-state index is 10.7. The van der Waals surface area contributed by atoms with Gasteiger partial charge in [-0.15, -0.1) is 0 Å². The first-order valence-electron chi connectivity index (χ1n) is 5.06. The molecular formula is C10H20O4. The Kier molecular flexibility index (Phi) is 8.57. The van der Waals surface area contributed by atoms with Crippen LogP contribution in [0.3, 0.4) is 0 Å². The quantitative estimate of drug-likeness (QED) is 0.454. The molecule has 0 radical (unpaired) electrons. The molecule has 14 heavy (non-hydrogen) atoms. The van der Waals surface area contributed by atoms with Crippen molar-refractivity contribution in [1.29, 1.82) is 0 Å². The van der Waals surface area contributed by atoms with Crippen molar-refractivity contribution in [2.24, 2.45) is 0 Å². The van der Waals surface area contributed by atoms with Gasteiger partial charge in [-0.25, -0.2) is 0 Å². The molecule has 0 fully saturated rings. The van der Waals surface area contributed by atoms with Crippen molar-refractivity contribution in [1.82, 2.24) is 0 Å². The van der Waals surface area contributed by atoms with Crippen LogP contribution in [0.4, 0.5) is 0 Å². The molecule has 0 aliphatic rings. The number of hydrogen-bond acceptors (Lipinski definition) is 4. The Balaban J connectivity index is 3.10. The van der Waals surface area contributed by atoms with Crippen molar-refractivity contribution >= 4 is 5.97 Å². The summed E-state index contributed by atoms with van der Waals surface area (Å²) >= 11 is 0. The summed E-state index contributed by atoms with van der Waals surface area (Å²) in [5.41, 5.74) is 0. The molecular weight excluding hydrogens is 184 g/mol. The van der Waals surface area contributed by atoms with Gasteiger partial charge in [0, 0.05) is 6.42 Å². The van der Waals surface area contributed by atoms with Gasteiger partial charge in [-0.05, 0) is 12.8 Å². The molecule has 84 valence electrons. The molecule has 4 heteroatoms. The van der Waals surface area contributed by atoms with Crippen LogP contribution in [0.15, 0.2) is 0 Å². The highest BCUT2D eigenvalue weighted by Crippen LogP contribution is 2.07. The Morgan fingerprint density at radius 3 is 2.50 bits per heavy atom. The van der Waals surface area contributed by atoms with Crippen molar-refractivity contribution in [2.45, 2.75) is 44.6 Å². The Bertz CT molecular complexity index is 147. The van der Waals surface area contributed by atoms with E-state index < -0.39 is 6.10 Å². The van der Waals surface area contributed by atoms with E-state index in [4.69, 9.17) is 10.2 Å². The van der Waals surface area contributed by atoms with Crippen LogP contribution in [0.2, 0.25) is 0 Å². The molecule has 0 aromatic carbocycles. The summed E-state index contributed by atoms with van der Waals surface area (Å²) in [5.74, 6) is -0.166. The predicted molar refractivity (Wildman–Crippen MR) is 52.8 cm³/mol. The zero-order valence-electron chi connectivity index (χ0n) is 8.74. The molecule has 0 unspecified atom stereocenters. The Morgan fingerprint density at radius 2 is 1.93 bits per heavy atom. The average molecular weight is 204 g/mol. The third kappa shape index (κ3) is 8.01. The van der Waals surface area contributed by atoms with Gasteiger partial charge in [-0.3, -0.25) is 4.79 Å². The number of rotatable bonds is 8. The number of carbonyl (C=O) groups excluding carboxylic acids is 1. The van der Waals surface area contributed by atoms with Crippen LogP contribution < -0.4 is 0 Å². The number of ether oxygens (including phenoxy) is 1. The maximum Gasteiger partial charge on any atom is 0.305 e. The van der Waals surface area contributed by atoms with Crippen molar-refractivity contribution in [3.05, 3.63) is 0 Å². The zero-order chi connectivity index (χ0) is 10.8. The summed E-state index contributed by atoms with van der Waals surface area (Å²) < 4.78 is 4.50. The number of aliphatic hydroxyl groups is 2. The van der Waals surface area contributed by atoms with Crippen molar-refractivity contribution in [3.8, 4) is 0 Å². The molecule has 0 aliphatic carbocycles. The summed E-state index contributed by atoms with van der Waals surface area (Å²) in [6, 6.07) is 0. The van der Waals surface area contributed by atoms with Crippen molar-refractivity contribution < 1.29 is 19.7 Å². The van der Waals surface area contributed by atoms with E-state index in [9.17, 15) is 4.79 Å². The van der Waals surface area contributed by atoms with Crippen LogP contribution in [0, 0.1) is 0 Å². The molecule has 0 amide bonds. The third-order valence-corrected chi connectivity index (χ3v) is 2.11. The van der Waals surface area contributed by atoms with E-state index in [0.717, 1.165) is 25.7 Å². The molecule has 2 N–H and O–H groups in total. The fourth-order valence-electron chi connectivity index (χ4n) is 1.20. The second-order valence-corrected chi connectivity index (χ2v) is 3.37. The number of unbranched alkanes of at least 4 members (excludes halogenated alkanes) is 3. The standard InChI is InChI=1S/C10H20O4/c1-14-10(13)7-5-3-2-4-6-9(12)8-11/h9,11-12H,2-8H2,1H3/t9-/m0/s1. The highest BCUT2D eigenvalue weighted by molar-refractivity contribution is 5.68. The molecule has 0 rings (SSSR count). The van der Waals surface area contributed by atoms with Gasteiger partial charge in [-0.1, -0.05) is 19.3 Å². The molecule has 0 bridgehead atoms. The first-order valence-corrected chi connectivity index (χ1v) is 5.06. The van der Waals surface area contributed by atoms with Gasteiger partial charge in [0.25, 0.3) is 0 Å². The summed E-state index contributed by atoms with van der Waals surface area (Å²) in [4.78, 5) is 10.7. The van der Waals surface area contributed by atoms with Gasteiger partial charge < -0.3 is 14.9 Å². The topological polar surface area (TPSA) is 66.8 Å². The predicted octanol–water partition coefficient (Wildman–Crippen LogP) is 0.853. The lowest BCUT2D eigenvalue weighted by molar-refractivity contribution is -0.140. The minimum atomic E-state index is -0.587. The van der Waals surface area contributed by atoms with E-state index in [2.05, 4.69) is 4.74 Å². The lowest BCUT2D eigenvalue weighted by Gasteiger charge is -2.05. The van der Waals surface area contributed by atoms with E-state index >= 15 is 0 Å². The van der Waals surface area contributed by atoms with Gasteiger partial charge >= 0.3 is 5.97 Å². The molecule has 0 aromatic rings. The van der Waals surface area contributed by atoms with E-state index in [1.165, 1.54) is 7.11 Å². The molecule has 0 spiro atoms. The maximum atomic E-state index is 10.7. The first kappa shape index (κ1) is 13.4. The highest BCUT2D eigenvalue weighted by atomic mass is 16.5. The van der Waals surface area contributed by atoms with Crippen LogP contribution in [-0.4, -0.2) is 36.0 Å². The molecule has 0 aromatic heterocycles. The minimum Gasteiger partial charge on any atom is -0.469 e. The second-order valence-electron chi connectivity index (χ2n) is 3.37. The highest BCUT2D eigenvalue weighted by Gasteiger charge is 2.02. The lowest BCUT2D eigenvalue weighted by Crippen LogP contribution is -2.11. The van der Waals surface area contributed by atoms with E-state index in [-0.39, 0.29) is 12.6 Å². The van der Waals surface area contributed by atoms with Gasteiger partial charge in [0.2, 0.25) is 0 Å². The molecule has 0 saturated heterocycles. The fourth-order valence-corrected chi connectivity index (χ4v) is 1.20. The summed E-state index contributed by atoms with van der Waals surface area (Å²) in [6.45, 7) is -0.165. The molecule has 4 nitrogen and oxygen atoms in total. The Labute approximate surface area is 84.9 Å². The van der Waals surface area contributed by atoms with Crippen molar-refractivity contribution in [3.63, 3.8) is 0 Å². The van der Waals surface area contributed by atoms with Crippen LogP contribution in [0.25, 0.3) is 0 Å². The number of carbonyl (C=O) groups is 1.